The van der Waals surface area contributed by atoms with Gasteiger partial charge in [0.25, 0.3) is 0 Å². The number of hydrogen-bond donors (Lipinski definition) is 2. The van der Waals surface area contributed by atoms with E-state index >= 15 is 0 Å². The van der Waals surface area contributed by atoms with Gasteiger partial charge in [-0.05, 0) is 30.6 Å². The number of carbonyl (C=O) groups is 1. The van der Waals surface area contributed by atoms with Crippen LogP contribution in [0.2, 0.25) is 0 Å². The van der Waals surface area contributed by atoms with E-state index in [0.29, 0.717) is 23.8 Å². The predicted molar refractivity (Wildman–Crippen MR) is 76.4 cm³/mol. The summed E-state index contributed by atoms with van der Waals surface area (Å²) in [6.45, 7) is 13.2. The van der Waals surface area contributed by atoms with Gasteiger partial charge in [-0.3, -0.25) is 4.79 Å². The van der Waals surface area contributed by atoms with E-state index in [1.807, 2.05) is 0 Å². The molecule has 1 heterocycles. The van der Waals surface area contributed by atoms with E-state index in [4.69, 9.17) is 0 Å². The summed E-state index contributed by atoms with van der Waals surface area (Å²) in [7, 11) is 0. The fraction of sp³-hybridized carbons (Fsp3) is 0.933. The molecule has 0 saturated carbocycles. The second-order valence-electron chi connectivity index (χ2n) is 6.86. The van der Waals surface area contributed by atoms with Crippen LogP contribution in [0.15, 0.2) is 0 Å². The predicted octanol–water partition coefficient (Wildman–Crippen LogP) is 2.56. The van der Waals surface area contributed by atoms with E-state index in [2.05, 4.69) is 52.2 Å². The van der Waals surface area contributed by atoms with E-state index in [1.54, 1.807) is 0 Å². The van der Waals surface area contributed by atoms with Crippen molar-refractivity contribution in [3.8, 4) is 0 Å². The number of amides is 1. The van der Waals surface area contributed by atoms with Crippen LogP contribution in [-0.2, 0) is 4.79 Å². The monoisotopic (exact) mass is 254 g/mol. The third-order valence-corrected chi connectivity index (χ3v) is 3.62. The zero-order valence-electron chi connectivity index (χ0n) is 12.8. The van der Waals surface area contributed by atoms with E-state index < -0.39 is 0 Å². The van der Waals surface area contributed by atoms with Crippen LogP contribution in [0.5, 0.6) is 0 Å². The van der Waals surface area contributed by atoms with Gasteiger partial charge in [-0.25, -0.2) is 0 Å². The molecule has 0 aromatic rings. The molecule has 0 unspecified atom stereocenters. The molecule has 3 atom stereocenters. The van der Waals surface area contributed by atoms with Gasteiger partial charge in [0.1, 0.15) is 0 Å². The minimum atomic E-state index is -0.0104. The van der Waals surface area contributed by atoms with Gasteiger partial charge in [0, 0.05) is 12.1 Å². The van der Waals surface area contributed by atoms with Crippen molar-refractivity contribution in [2.24, 2.45) is 17.8 Å². The molecular formula is C15H30N2O. The van der Waals surface area contributed by atoms with Crippen LogP contribution in [0.3, 0.4) is 0 Å². The highest BCUT2D eigenvalue weighted by Gasteiger charge is 2.36. The lowest BCUT2D eigenvalue weighted by molar-refractivity contribution is -0.127. The van der Waals surface area contributed by atoms with Gasteiger partial charge >= 0.3 is 0 Å². The summed E-state index contributed by atoms with van der Waals surface area (Å²) in [4.78, 5) is 12.1. The fourth-order valence-corrected chi connectivity index (χ4v) is 2.80. The van der Waals surface area contributed by atoms with Crippen LogP contribution in [-0.4, -0.2) is 24.0 Å². The molecule has 0 bridgehead atoms. The van der Waals surface area contributed by atoms with Crippen molar-refractivity contribution in [1.82, 2.24) is 10.6 Å². The molecule has 1 fully saturated rings. The van der Waals surface area contributed by atoms with Gasteiger partial charge in [0.15, 0.2) is 0 Å². The highest BCUT2D eigenvalue weighted by Crippen LogP contribution is 2.20. The minimum Gasteiger partial charge on any atom is -0.350 e. The number of piperazine rings is 1. The summed E-state index contributed by atoms with van der Waals surface area (Å²) in [5.74, 6) is 1.86. The molecule has 0 aliphatic carbocycles. The Morgan fingerprint density at radius 2 is 1.56 bits per heavy atom. The Labute approximate surface area is 112 Å². The van der Waals surface area contributed by atoms with Crippen molar-refractivity contribution >= 4 is 5.91 Å². The maximum atomic E-state index is 12.1. The molecule has 2 N–H and O–H groups in total. The first kappa shape index (κ1) is 15.5. The molecule has 3 nitrogen and oxygen atoms in total. The number of nitrogens with one attached hydrogen (secondary N) is 2. The molecule has 1 amide bonds. The highest BCUT2D eigenvalue weighted by atomic mass is 16.2. The molecular weight excluding hydrogens is 224 g/mol. The summed E-state index contributed by atoms with van der Waals surface area (Å²) in [5, 5.41) is 6.81. The maximum absolute atomic E-state index is 12.1. The van der Waals surface area contributed by atoms with E-state index in [-0.39, 0.29) is 18.0 Å². The summed E-state index contributed by atoms with van der Waals surface area (Å²) >= 11 is 0. The topological polar surface area (TPSA) is 41.1 Å². The minimum absolute atomic E-state index is 0.0104. The van der Waals surface area contributed by atoms with Gasteiger partial charge in [-0.15, -0.1) is 0 Å². The van der Waals surface area contributed by atoms with E-state index in [9.17, 15) is 4.79 Å². The standard InChI is InChI=1S/C15H30N2O/c1-9(2)7-12-14(11(5)6)17-15(18)13(16-12)8-10(3)4/h9-14,16H,7-8H2,1-6H3,(H,17,18)/t12-,13+,14+/m1/s1. The van der Waals surface area contributed by atoms with Crippen molar-refractivity contribution in [2.75, 3.05) is 0 Å². The molecule has 0 radical (unpaired) electrons. The Balaban J connectivity index is 2.72. The Morgan fingerprint density at radius 1 is 1.00 bits per heavy atom. The molecule has 1 aliphatic heterocycles. The van der Waals surface area contributed by atoms with E-state index in [0.717, 1.165) is 12.8 Å². The first-order chi connectivity index (χ1) is 8.31. The molecule has 1 saturated heterocycles. The van der Waals surface area contributed by atoms with E-state index in [1.165, 1.54) is 0 Å². The molecule has 18 heavy (non-hydrogen) atoms. The maximum Gasteiger partial charge on any atom is 0.237 e. The molecule has 106 valence electrons. The Kier molecular flexibility index (Phi) is 5.64. The van der Waals surface area contributed by atoms with Crippen molar-refractivity contribution in [3.05, 3.63) is 0 Å². The van der Waals surface area contributed by atoms with Gasteiger partial charge in [0.2, 0.25) is 5.91 Å². The van der Waals surface area contributed by atoms with Crippen LogP contribution < -0.4 is 10.6 Å². The smallest absolute Gasteiger partial charge is 0.237 e. The molecule has 0 aromatic carbocycles. The summed E-state index contributed by atoms with van der Waals surface area (Å²) < 4.78 is 0. The summed E-state index contributed by atoms with van der Waals surface area (Å²) in [5.41, 5.74) is 0. The van der Waals surface area contributed by atoms with Crippen LogP contribution in [0.1, 0.15) is 54.4 Å². The van der Waals surface area contributed by atoms with Crippen LogP contribution in [0.4, 0.5) is 0 Å². The first-order valence-corrected chi connectivity index (χ1v) is 7.37. The van der Waals surface area contributed by atoms with Crippen molar-refractivity contribution < 1.29 is 4.79 Å². The number of carbonyl (C=O) groups excluding carboxylic acids is 1. The lowest BCUT2D eigenvalue weighted by Crippen LogP contribution is -2.65. The largest absolute Gasteiger partial charge is 0.350 e. The lowest BCUT2D eigenvalue weighted by Gasteiger charge is -2.41. The quantitative estimate of drug-likeness (QED) is 0.791. The molecule has 0 spiro atoms. The number of hydrogen-bond acceptors (Lipinski definition) is 2. The average molecular weight is 254 g/mol. The second-order valence-corrected chi connectivity index (χ2v) is 6.86. The van der Waals surface area contributed by atoms with Crippen LogP contribution in [0.25, 0.3) is 0 Å². The van der Waals surface area contributed by atoms with Gasteiger partial charge < -0.3 is 10.6 Å². The Hall–Kier alpha value is -0.570. The third-order valence-electron chi connectivity index (χ3n) is 3.62. The summed E-state index contributed by atoms with van der Waals surface area (Å²) in [6, 6.07) is 0.665. The zero-order valence-corrected chi connectivity index (χ0v) is 12.8. The molecule has 3 heteroatoms. The number of rotatable bonds is 5. The fourth-order valence-electron chi connectivity index (χ4n) is 2.80. The zero-order chi connectivity index (χ0) is 13.9. The molecule has 1 aliphatic rings. The van der Waals surface area contributed by atoms with Crippen LogP contribution >= 0.6 is 0 Å². The average Bonchev–Trinajstić information content (AvgIpc) is 2.20. The Morgan fingerprint density at radius 3 is 2.00 bits per heavy atom. The SMILES string of the molecule is CC(C)C[C@@H]1N[C@H](CC(C)C)[C@H](C(C)C)NC1=O. The van der Waals surface area contributed by atoms with Crippen molar-refractivity contribution in [3.63, 3.8) is 0 Å². The van der Waals surface area contributed by atoms with Crippen molar-refractivity contribution in [2.45, 2.75) is 72.5 Å². The third kappa shape index (κ3) is 4.27. The molecule has 1 rings (SSSR count). The lowest BCUT2D eigenvalue weighted by atomic mass is 9.86. The molecule has 0 aromatic heterocycles. The van der Waals surface area contributed by atoms with Crippen LogP contribution in [0, 0.1) is 17.8 Å². The van der Waals surface area contributed by atoms with Gasteiger partial charge in [0.05, 0.1) is 6.04 Å². The summed E-state index contributed by atoms with van der Waals surface area (Å²) in [6.07, 6.45) is 2.04. The Bertz CT molecular complexity index is 274. The highest BCUT2D eigenvalue weighted by molar-refractivity contribution is 5.83. The first-order valence-electron chi connectivity index (χ1n) is 7.37. The van der Waals surface area contributed by atoms with Crippen molar-refractivity contribution in [1.29, 1.82) is 0 Å². The normalized spacial score (nSPS) is 29.2. The van der Waals surface area contributed by atoms with Gasteiger partial charge in [-0.2, -0.15) is 0 Å². The van der Waals surface area contributed by atoms with Gasteiger partial charge in [-0.1, -0.05) is 41.5 Å². The second kappa shape index (κ2) is 6.55.